The summed E-state index contributed by atoms with van der Waals surface area (Å²) < 4.78 is 5.44. The number of hydrogen-bond donors (Lipinski definition) is 0. The first-order valence-electron chi connectivity index (χ1n) is 5.69. The van der Waals surface area contributed by atoms with Crippen molar-refractivity contribution in [3.8, 4) is 6.07 Å². The third kappa shape index (κ3) is 7.24. The zero-order chi connectivity index (χ0) is 12.6. The van der Waals surface area contributed by atoms with Gasteiger partial charge in [-0.3, -0.25) is 4.79 Å². The van der Waals surface area contributed by atoms with E-state index in [4.69, 9.17) is 10.00 Å². The molecule has 0 aromatic heterocycles. The summed E-state index contributed by atoms with van der Waals surface area (Å²) in [6.45, 7) is 6.80. The zero-order valence-corrected chi connectivity index (χ0v) is 10.7. The molecule has 0 spiro atoms. The van der Waals surface area contributed by atoms with E-state index in [2.05, 4.69) is 13.8 Å². The molecule has 0 aliphatic carbocycles. The van der Waals surface area contributed by atoms with E-state index < -0.39 is 0 Å². The number of nitrogens with zero attached hydrogens (tertiary/aromatic N) is 2. The van der Waals surface area contributed by atoms with Gasteiger partial charge < -0.3 is 9.64 Å². The fourth-order valence-corrected chi connectivity index (χ4v) is 1.40. The van der Waals surface area contributed by atoms with Gasteiger partial charge in [0.2, 0.25) is 5.91 Å². The lowest BCUT2D eigenvalue weighted by molar-refractivity contribution is -0.136. The molecule has 4 heteroatoms. The number of carbonyl (C=O) groups is 1. The molecule has 1 amide bonds. The molecule has 0 saturated carbocycles. The lowest BCUT2D eigenvalue weighted by Gasteiger charge is -2.18. The van der Waals surface area contributed by atoms with Crippen LogP contribution < -0.4 is 0 Å². The van der Waals surface area contributed by atoms with Crippen LogP contribution >= 0.6 is 0 Å². The highest BCUT2D eigenvalue weighted by molar-refractivity contribution is 5.77. The molecular weight excluding hydrogens is 204 g/mol. The monoisotopic (exact) mass is 226 g/mol. The number of amides is 1. The third-order valence-electron chi connectivity index (χ3n) is 2.28. The number of carbonyl (C=O) groups excluding carboxylic acids is 1. The average molecular weight is 226 g/mol. The van der Waals surface area contributed by atoms with Gasteiger partial charge in [-0.2, -0.15) is 5.26 Å². The van der Waals surface area contributed by atoms with E-state index in [1.807, 2.05) is 13.0 Å². The van der Waals surface area contributed by atoms with E-state index in [0.29, 0.717) is 18.9 Å². The second kappa shape index (κ2) is 8.12. The summed E-state index contributed by atoms with van der Waals surface area (Å²) >= 11 is 0. The lowest BCUT2D eigenvalue weighted by atomic mass is 10.1. The smallest absolute Gasteiger partial charge is 0.248 e. The molecule has 0 aromatic carbocycles. The summed E-state index contributed by atoms with van der Waals surface area (Å²) in [5.74, 6) is 0.507. The van der Waals surface area contributed by atoms with Gasteiger partial charge in [0.15, 0.2) is 0 Å². The zero-order valence-electron chi connectivity index (χ0n) is 10.7. The van der Waals surface area contributed by atoms with Gasteiger partial charge in [-0.05, 0) is 19.3 Å². The maximum Gasteiger partial charge on any atom is 0.248 e. The van der Waals surface area contributed by atoms with Crippen LogP contribution in [0.15, 0.2) is 0 Å². The van der Waals surface area contributed by atoms with E-state index in [0.717, 1.165) is 6.42 Å². The quantitative estimate of drug-likeness (QED) is 0.665. The number of likely N-dealkylation sites (N-methyl/N-ethyl adjacent to an activating group) is 1. The van der Waals surface area contributed by atoms with Crippen molar-refractivity contribution in [3.63, 3.8) is 0 Å². The molecule has 0 N–H and O–H groups in total. The van der Waals surface area contributed by atoms with Crippen LogP contribution in [0.1, 0.15) is 33.6 Å². The molecule has 16 heavy (non-hydrogen) atoms. The average Bonchev–Trinajstić information content (AvgIpc) is 2.21. The van der Waals surface area contributed by atoms with Crippen LogP contribution in [0.25, 0.3) is 0 Å². The largest absolute Gasteiger partial charge is 0.369 e. The van der Waals surface area contributed by atoms with Crippen molar-refractivity contribution < 1.29 is 9.53 Å². The van der Waals surface area contributed by atoms with Crippen LogP contribution in [0.4, 0.5) is 0 Å². The van der Waals surface area contributed by atoms with Crippen LogP contribution in [0.3, 0.4) is 0 Å². The Labute approximate surface area is 98.2 Å². The maximum atomic E-state index is 11.5. The molecule has 1 unspecified atom stereocenters. The van der Waals surface area contributed by atoms with Crippen molar-refractivity contribution in [2.75, 3.05) is 20.2 Å². The Kier molecular flexibility index (Phi) is 7.57. The molecule has 0 aliphatic rings. The van der Waals surface area contributed by atoms with Crippen molar-refractivity contribution in [1.29, 1.82) is 5.26 Å². The fraction of sp³-hybridized carbons (Fsp3) is 0.833. The van der Waals surface area contributed by atoms with Gasteiger partial charge in [-0.15, -0.1) is 0 Å². The Hall–Kier alpha value is -1.08. The lowest BCUT2D eigenvalue weighted by Crippen LogP contribution is -2.32. The molecule has 0 heterocycles. The first kappa shape index (κ1) is 14.9. The first-order chi connectivity index (χ1) is 7.47. The molecule has 0 aromatic rings. The summed E-state index contributed by atoms with van der Waals surface area (Å²) in [6, 6.07) is 2.01. The van der Waals surface area contributed by atoms with Crippen molar-refractivity contribution in [2.45, 2.75) is 39.7 Å². The van der Waals surface area contributed by atoms with Gasteiger partial charge >= 0.3 is 0 Å². The molecule has 92 valence electrons. The Bertz CT molecular complexity index is 246. The number of nitriles is 1. The normalized spacial score (nSPS) is 12.2. The Balaban J connectivity index is 3.75. The molecule has 0 rings (SSSR count). The van der Waals surface area contributed by atoms with E-state index in [9.17, 15) is 4.79 Å². The SMILES string of the molecule is CC(C)CC(C)OCC(=O)N(C)CCC#N. The van der Waals surface area contributed by atoms with Gasteiger partial charge in [0, 0.05) is 13.6 Å². The molecule has 4 nitrogen and oxygen atoms in total. The molecule has 0 saturated heterocycles. The fourth-order valence-electron chi connectivity index (χ4n) is 1.40. The second-order valence-electron chi connectivity index (χ2n) is 4.47. The van der Waals surface area contributed by atoms with E-state index in [1.54, 1.807) is 7.05 Å². The van der Waals surface area contributed by atoms with Crippen LogP contribution in [0.5, 0.6) is 0 Å². The molecule has 0 fully saturated rings. The first-order valence-corrected chi connectivity index (χ1v) is 5.69. The van der Waals surface area contributed by atoms with Gasteiger partial charge in [0.1, 0.15) is 6.61 Å². The highest BCUT2D eigenvalue weighted by Gasteiger charge is 2.11. The van der Waals surface area contributed by atoms with Crippen LogP contribution in [0.2, 0.25) is 0 Å². The summed E-state index contributed by atoms with van der Waals surface area (Å²) in [5, 5.41) is 8.39. The molecule has 1 atom stereocenters. The third-order valence-corrected chi connectivity index (χ3v) is 2.28. The Morgan fingerprint density at radius 3 is 2.56 bits per heavy atom. The van der Waals surface area contributed by atoms with Crippen LogP contribution in [0, 0.1) is 17.2 Å². The Morgan fingerprint density at radius 1 is 1.44 bits per heavy atom. The molecule has 0 bridgehead atoms. The molecule has 0 radical (unpaired) electrons. The predicted molar refractivity (Wildman–Crippen MR) is 62.7 cm³/mol. The second-order valence-corrected chi connectivity index (χ2v) is 4.47. The highest BCUT2D eigenvalue weighted by Crippen LogP contribution is 2.07. The number of rotatable bonds is 7. The minimum Gasteiger partial charge on any atom is -0.369 e. The predicted octanol–water partition coefficient (Wildman–Crippen LogP) is 1.81. The minimum absolute atomic E-state index is 0.0640. The number of hydrogen-bond acceptors (Lipinski definition) is 3. The van der Waals surface area contributed by atoms with Crippen molar-refractivity contribution in [2.24, 2.45) is 5.92 Å². The Morgan fingerprint density at radius 2 is 2.06 bits per heavy atom. The maximum absolute atomic E-state index is 11.5. The van der Waals surface area contributed by atoms with Crippen LogP contribution in [-0.2, 0) is 9.53 Å². The summed E-state index contributed by atoms with van der Waals surface area (Å²) in [4.78, 5) is 13.1. The number of ether oxygens (including phenoxy) is 1. The topological polar surface area (TPSA) is 53.3 Å². The molecule has 0 aliphatic heterocycles. The van der Waals surface area contributed by atoms with Crippen molar-refractivity contribution >= 4 is 5.91 Å². The molecular formula is C12H22N2O2. The van der Waals surface area contributed by atoms with Gasteiger partial charge in [0.05, 0.1) is 18.6 Å². The summed E-state index contributed by atoms with van der Waals surface area (Å²) in [7, 11) is 1.69. The standard InChI is InChI=1S/C12H22N2O2/c1-10(2)8-11(3)16-9-12(15)14(4)7-5-6-13/h10-11H,5,7-9H2,1-4H3. The van der Waals surface area contributed by atoms with E-state index in [-0.39, 0.29) is 18.6 Å². The van der Waals surface area contributed by atoms with Gasteiger partial charge in [-0.25, -0.2) is 0 Å². The van der Waals surface area contributed by atoms with Crippen LogP contribution in [-0.4, -0.2) is 37.1 Å². The summed E-state index contributed by atoms with van der Waals surface area (Å²) in [5.41, 5.74) is 0. The minimum atomic E-state index is -0.0640. The van der Waals surface area contributed by atoms with Crippen molar-refractivity contribution in [1.82, 2.24) is 4.90 Å². The van der Waals surface area contributed by atoms with E-state index >= 15 is 0 Å². The van der Waals surface area contributed by atoms with Crippen molar-refractivity contribution in [3.05, 3.63) is 0 Å². The summed E-state index contributed by atoms with van der Waals surface area (Å²) in [6.07, 6.45) is 1.42. The van der Waals surface area contributed by atoms with Gasteiger partial charge in [0.25, 0.3) is 0 Å². The van der Waals surface area contributed by atoms with Gasteiger partial charge in [-0.1, -0.05) is 13.8 Å². The highest BCUT2D eigenvalue weighted by atomic mass is 16.5. The van der Waals surface area contributed by atoms with E-state index in [1.165, 1.54) is 4.90 Å².